The zero-order valence-electron chi connectivity index (χ0n) is 22.0. The molecule has 3 heterocycles. The summed E-state index contributed by atoms with van der Waals surface area (Å²) in [6, 6.07) is 10.2. The highest BCUT2D eigenvalue weighted by atomic mass is 35.5. The standard InChI is InChI=1S/C29H26ClF2N5O4/c1-2-41-29(39)34-17-8-9-18-22(13-17)35-25(38)6-4-3-5-19(28-33-14-23(18)36-28)24-12-7-16(15-37(24)40)26-21(31)11-10-20(30)27(26)32/h7-15,19H,2-6H2,1H3,(H,33,36)(H,34,39)(H,35,38). The first kappa shape index (κ1) is 28.0. The van der Waals surface area contributed by atoms with Gasteiger partial charge in [0.2, 0.25) is 11.6 Å². The molecule has 0 aliphatic carbocycles. The minimum Gasteiger partial charge on any atom is -0.618 e. The number of hydrogen-bond donors (Lipinski definition) is 3. The van der Waals surface area contributed by atoms with Gasteiger partial charge in [0.25, 0.3) is 0 Å². The van der Waals surface area contributed by atoms with E-state index < -0.39 is 23.6 Å². The van der Waals surface area contributed by atoms with Gasteiger partial charge in [-0.2, -0.15) is 4.73 Å². The number of fused-ring (bicyclic) bond motifs is 4. The van der Waals surface area contributed by atoms with Crippen LogP contribution >= 0.6 is 11.6 Å². The summed E-state index contributed by atoms with van der Waals surface area (Å²) in [6.45, 7) is 1.91. The summed E-state index contributed by atoms with van der Waals surface area (Å²) in [6.07, 6.45) is 3.99. The number of anilines is 2. The van der Waals surface area contributed by atoms with Crippen molar-refractivity contribution in [3.63, 3.8) is 0 Å². The lowest BCUT2D eigenvalue weighted by Gasteiger charge is -2.17. The minimum atomic E-state index is -0.946. The molecular formula is C29H26ClF2N5O4. The fourth-order valence-corrected chi connectivity index (χ4v) is 5.03. The Morgan fingerprint density at radius 1 is 1.22 bits per heavy atom. The molecule has 0 spiro atoms. The zero-order chi connectivity index (χ0) is 29.1. The second-order valence-corrected chi connectivity index (χ2v) is 9.93. The van der Waals surface area contributed by atoms with Crippen LogP contribution in [0.4, 0.5) is 25.0 Å². The van der Waals surface area contributed by atoms with Gasteiger partial charge in [-0.05, 0) is 56.2 Å². The van der Waals surface area contributed by atoms with Crippen molar-refractivity contribution in [2.75, 3.05) is 17.2 Å². The summed E-state index contributed by atoms with van der Waals surface area (Å²) in [5.41, 5.74) is 2.11. The van der Waals surface area contributed by atoms with Gasteiger partial charge in [-0.3, -0.25) is 10.1 Å². The van der Waals surface area contributed by atoms with Crippen LogP contribution in [0.5, 0.6) is 0 Å². The molecule has 5 rings (SSSR count). The molecule has 2 aromatic carbocycles. The molecule has 12 heteroatoms. The molecule has 41 heavy (non-hydrogen) atoms. The maximum absolute atomic E-state index is 14.6. The molecule has 4 aromatic rings. The number of aromatic amines is 1. The van der Waals surface area contributed by atoms with Crippen LogP contribution in [-0.2, 0) is 9.53 Å². The Balaban J connectivity index is 1.51. The number of amides is 2. The van der Waals surface area contributed by atoms with Crippen LogP contribution in [0.3, 0.4) is 0 Å². The zero-order valence-corrected chi connectivity index (χ0v) is 22.7. The lowest BCUT2D eigenvalue weighted by atomic mass is 9.95. The maximum Gasteiger partial charge on any atom is 0.411 e. The van der Waals surface area contributed by atoms with Gasteiger partial charge in [0.1, 0.15) is 17.6 Å². The highest BCUT2D eigenvalue weighted by Gasteiger charge is 2.27. The summed E-state index contributed by atoms with van der Waals surface area (Å²) in [7, 11) is 0. The quantitative estimate of drug-likeness (QED) is 0.144. The Morgan fingerprint density at radius 3 is 2.83 bits per heavy atom. The van der Waals surface area contributed by atoms with E-state index in [-0.39, 0.29) is 35.1 Å². The Bertz CT molecular complexity index is 1630. The summed E-state index contributed by atoms with van der Waals surface area (Å²) in [5.74, 6) is -1.95. The lowest BCUT2D eigenvalue weighted by molar-refractivity contribution is -0.614. The third-order valence-electron chi connectivity index (χ3n) is 6.81. The minimum absolute atomic E-state index is 0.0485. The van der Waals surface area contributed by atoms with E-state index in [1.165, 1.54) is 12.1 Å². The average Bonchev–Trinajstić information content (AvgIpc) is 3.41. The number of pyridine rings is 1. The van der Waals surface area contributed by atoms with Crippen molar-refractivity contribution >= 4 is 35.0 Å². The highest BCUT2D eigenvalue weighted by Crippen LogP contribution is 2.35. The van der Waals surface area contributed by atoms with Crippen LogP contribution in [0.1, 0.15) is 50.0 Å². The molecule has 0 radical (unpaired) electrons. The third-order valence-corrected chi connectivity index (χ3v) is 7.10. The van der Waals surface area contributed by atoms with Crippen molar-refractivity contribution in [2.45, 2.75) is 38.5 Å². The third kappa shape index (κ3) is 5.99. The number of imidazole rings is 1. The molecular weight excluding hydrogens is 556 g/mol. The molecule has 0 saturated heterocycles. The Kier molecular flexibility index (Phi) is 8.16. The smallest absolute Gasteiger partial charge is 0.411 e. The number of carbonyl (C=O) groups is 2. The first-order valence-corrected chi connectivity index (χ1v) is 13.4. The number of H-pyrrole nitrogens is 1. The predicted molar refractivity (Wildman–Crippen MR) is 149 cm³/mol. The van der Waals surface area contributed by atoms with Crippen molar-refractivity contribution in [1.82, 2.24) is 9.97 Å². The van der Waals surface area contributed by atoms with E-state index in [4.69, 9.17) is 16.3 Å². The Morgan fingerprint density at radius 2 is 2.05 bits per heavy atom. The second-order valence-electron chi connectivity index (χ2n) is 9.52. The number of halogens is 3. The molecule has 212 valence electrons. The van der Waals surface area contributed by atoms with Gasteiger partial charge in [-0.1, -0.05) is 18.0 Å². The van der Waals surface area contributed by atoms with Gasteiger partial charge >= 0.3 is 6.09 Å². The Hall–Kier alpha value is -4.51. The van der Waals surface area contributed by atoms with Gasteiger partial charge < -0.3 is 20.2 Å². The van der Waals surface area contributed by atoms with Gasteiger partial charge in [0, 0.05) is 23.7 Å². The van der Waals surface area contributed by atoms with Crippen LogP contribution in [-0.4, -0.2) is 28.6 Å². The van der Waals surface area contributed by atoms with E-state index in [1.807, 2.05) is 0 Å². The van der Waals surface area contributed by atoms with Crippen LogP contribution in [0.2, 0.25) is 5.02 Å². The number of ether oxygens (including phenoxy) is 1. The largest absolute Gasteiger partial charge is 0.618 e. The van der Waals surface area contributed by atoms with Gasteiger partial charge in [-0.15, -0.1) is 0 Å². The number of rotatable bonds is 4. The fraction of sp³-hybridized carbons (Fsp3) is 0.241. The number of hydrogen-bond acceptors (Lipinski definition) is 5. The van der Waals surface area contributed by atoms with Crippen molar-refractivity contribution in [3.8, 4) is 22.4 Å². The van der Waals surface area contributed by atoms with E-state index >= 15 is 0 Å². The number of benzene rings is 2. The van der Waals surface area contributed by atoms with E-state index in [1.54, 1.807) is 31.3 Å². The van der Waals surface area contributed by atoms with Crippen molar-refractivity contribution < 1.29 is 27.8 Å². The first-order valence-electron chi connectivity index (χ1n) is 13.0. The van der Waals surface area contributed by atoms with Gasteiger partial charge in [0.15, 0.2) is 12.0 Å². The number of aromatic nitrogens is 3. The molecule has 1 unspecified atom stereocenters. The highest BCUT2D eigenvalue weighted by molar-refractivity contribution is 6.31. The van der Waals surface area contributed by atoms with Gasteiger partial charge in [0.05, 0.1) is 40.3 Å². The number of nitrogens with zero attached hydrogens (tertiary/aromatic N) is 2. The molecule has 1 atom stereocenters. The molecule has 1 aliphatic rings. The second kappa shape index (κ2) is 11.9. The van der Waals surface area contributed by atoms with Crippen LogP contribution < -0.4 is 15.4 Å². The monoisotopic (exact) mass is 581 g/mol. The summed E-state index contributed by atoms with van der Waals surface area (Å²) >= 11 is 5.84. The number of carbonyl (C=O) groups excluding carboxylic acids is 2. The molecule has 2 bridgehead atoms. The summed E-state index contributed by atoms with van der Waals surface area (Å²) in [5, 5.41) is 18.5. The van der Waals surface area contributed by atoms with Crippen molar-refractivity contribution in [1.29, 1.82) is 0 Å². The fourth-order valence-electron chi connectivity index (χ4n) is 4.87. The molecule has 0 saturated carbocycles. The van der Waals surface area contributed by atoms with Crippen LogP contribution in [0.25, 0.3) is 22.4 Å². The van der Waals surface area contributed by atoms with Crippen LogP contribution in [0, 0.1) is 16.8 Å². The van der Waals surface area contributed by atoms with E-state index in [0.717, 1.165) is 18.3 Å². The van der Waals surface area contributed by atoms with E-state index in [0.29, 0.717) is 58.1 Å². The average molecular weight is 582 g/mol. The molecule has 1 aliphatic heterocycles. The normalized spacial score (nSPS) is 15.2. The molecule has 0 fully saturated rings. The van der Waals surface area contributed by atoms with Crippen LogP contribution in [0.15, 0.2) is 54.9 Å². The molecule has 3 N–H and O–H groups in total. The summed E-state index contributed by atoms with van der Waals surface area (Å²) in [4.78, 5) is 32.4. The molecule has 2 amide bonds. The van der Waals surface area contributed by atoms with Gasteiger partial charge in [-0.25, -0.2) is 18.6 Å². The summed E-state index contributed by atoms with van der Waals surface area (Å²) < 4.78 is 34.6. The molecule has 2 aromatic heterocycles. The topological polar surface area (TPSA) is 123 Å². The number of nitrogens with one attached hydrogen (secondary N) is 3. The van der Waals surface area contributed by atoms with Crippen molar-refractivity contribution in [2.24, 2.45) is 0 Å². The Labute approximate surface area is 239 Å². The lowest BCUT2D eigenvalue weighted by Crippen LogP contribution is -2.34. The predicted octanol–water partition coefficient (Wildman–Crippen LogP) is 6.52. The molecule has 9 nitrogen and oxygen atoms in total. The first-order chi connectivity index (χ1) is 19.7. The SMILES string of the molecule is CCOC(=O)Nc1ccc2c(c1)NC(=O)CCCCC(c1ccc(-c3c(F)ccc(Cl)c3F)c[n+]1[O-])c1ncc-2[nH]1. The van der Waals surface area contributed by atoms with Crippen molar-refractivity contribution in [3.05, 3.63) is 88.2 Å². The van der Waals surface area contributed by atoms with E-state index in [9.17, 15) is 23.6 Å². The van der Waals surface area contributed by atoms with E-state index in [2.05, 4.69) is 20.6 Å². The maximum atomic E-state index is 14.6.